The summed E-state index contributed by atoms with van der Waals surface area (Å²) in [6.07, 6.45) is 3.06. The van der Waals surface area contributed by atoms with Crippen LogP contribution in [0.3, 0.4) is 0 Å². The van der Waals surface area contributed by atoms with Gasteiger partial charge in [-0.25, -0.2) is 9.78 Å². The molecule has 0 bridgehead atoms. The molecule has 94 valence electrons. The smallest absolute Gasteiger partial charge is 0.340 e. The van der Waals surface area contributed by atoms with Gasteiger partial charge in [0.15, 0.2) is 5.65 Å². The molecule has 5 heteroatoms. The largest absolute Gasteiger partial charge is 0.478 e. The van der Waals surface area contributed by atoms with Gasteiger partial charge in [0.05, 0.1) is 5.69 Å². The van der Waals surface area contributed by atoms with Crippen molar-refractivity contribution in [1.82, 2.24) is 14.5 Å². The van der Waals surface area contributed by atoms with Crippen LogP contribution in [0.25, 0.3) is 22.4 Å². The summed E-state index contributed by atoms with van der Waals surface area (Å²) in [4.78, 5) is 19.9. The summed E-state index contributed by atoms with van der Waals surface area (Å²) >= 11 is 0. The van der Waals surface area contributed by atoms with Crippen molar-refractivity contribution in [2.24, 2.45) is 7.05 Å². The lowest BCUT2D eigenvalue weighted by Crippen LogP contribution is -2.00. The highest BCUT2D eigenvalue weighted by atomic mass is 16.4. The molecule has 0 aliphatic heterocycles. The zero-order chi connectivity index (χ0) is 13.4. The van der Waals surface area contributed by atoms with Crippen LogP contribution in [-0.4, -0.2) is 25.6 Å². The van der Waals surface area contributed by atoms with Crippen LogP contribution >= 0.6 is 0 Å². The van der Waals surface area contributed by atoms with Gasteiger partial charge < -0.3 is 9.67 Å². The van der Waals surface area contributed by atoms with Crippen molar-refractivity contribution >= 4 is 17.1 Å². The van der Waals surface area contributed by atoms with E-state index in [4.69, 9.17) is 0 Å². The molecule has 3 aromatic rings. The third-order valence-electron chi connectivity index (χ3n) is 3.07. The van der Waals surface area contributed by atoms with Crippen molar-refractivity contribution in [3.8, 4) is 11.3 Å². The zero-order valence-corrected chi connectivity index (χ0v) is 10.2. The van der Waals surface area contributed by atoms with Gasteiger partial charge in [0, 0.05) is 19.4 Å². The average Bonchev–Trinajstić information content (AvgIpc) is 2.74. The van der Waals surface area contributed by atoms with Crippen LogP contribution in [0, 0.1) is 0 Å². The molecule has 0 atom stereocenters. The number of rotatable bonds is 2. The Bertz CT molecular complexity index is 763. The Labute approximate surface area is 109 Å². The lowest BCUT2D eigenvalue weighted by atomic mass is 10.1. The molecule has 0 fully saturated rings. The molecule has 0 spiro atoms. The molecule has 0 amide bonds. The minimum atomic E-state index is -0.995. The van der Waals surface area contributed by atoms with Gasteiger partial charge >= 0.3 is 5.97 Å². The molecule has 5 nitrogen and oxygen atoms in total. The van der Waals surface area contributed by atoms with Crippen LogP contribution in [0.5, 0.6) is 0 Å². The minimum Gasteiger partial charge on any atom is -0.478 e. The van der Waals surface area contributed by atoms with Gasteiger partial charge in [0.25, 0.3) is 0 Å². The molecule has 0 saturated carbocycles. The number of fused-ring (bicyclic) bond motifs is 1. The molecule has 0 saturated heterocycles. The van der Waals surface area contributed by atoms with E-state index in [-0.39, 0.29) is 5.56 Å². The van der Waals surface area contributed by atoms with Crippen molar-refractivity contribution in [3.63, 3.8) is 0 Å². The Balaban J connectivity index is 2.44. The normalized spacial score (nSPS) is 10.8. The average molecular weight is 253 g/mol. The van der Waals surface area contributed by atoms with Gasteiger partial charge in [-0.2, -0.15) is 0 Å². The third kappa shape index (κ3) is 1.67. The Morgan fingerprint density at radius 3 is 2.53 bits per heavy atom. The molecular formula is C14H11N3O2. The van der Waals surface area contributed by atoms with Crippen LogP contribution in [0.2, 0.25) is 0 Å². The maximum Gasteiger partial charge on any atom is 0.340 e. The van der Waals surface area contributed by atoms with Crippen molar-refractivity contribution in [1.29, 1.82) is 0 Å². The summed E-state index contributed by atoms with van der Waals surface area (Å²) in [5.41, 5.74) is 2.63. The fourth-order valence-electron chi connectivity index (χ4n) is 2.27. The molecule has 2 heterocycles. The molecule has 0 unspecified atom stereocenters. The van der Waals surface area contributed by atoms with Gasteiger partial charge in [0.1, 0.15) is 11.1 Å². The highest BCUT2D eigenvalue weighted by Gasteiger charge is 2.23. The minimum absolute atomic E-state index is 0.191. The predicted molar refractivity (Wildman–Crippen MR) is 70.9 cm³/mol. The van der Waals surface area contributed by atoms with Gasteiger partial charge in [-0.05, 0) is 5.56 Å². The summed E-state index contributed by atoms with van der Waals surface area (Å²) in [5, 5.41) is 9.46. The first-order valence-corrected chi connectivity index (χ1v) is 5.78. The van der Waals surface area contributed by atoms with Gasteiger partial charge in [-0.15, -0.1) is 0 Å². The van der Waals surface area contributed by atoms with E-state index in [1.807, 2.05) is 30.3 Å². The van der Waals surface area contributed by atoms with Crippen LogP contribution in [0.15, 0.2) is 42.7 Å². The lowest BCUT2D eigenvalue weighted by molar-refractivity contribution is 0.0699. The first-order chi connectivity index (χ1) is 9.20. The molecule has 0 aliphatic rings. The maximum absolute atomic E-state index is 11.5. The van der Waals surface area contributed by atoms with E-state index >= 15 is 0 Å². The fraction of sp³-hybridized carbons (Fsp3) is 0.0714. The van der Waals surface area contributed by atoms with E-state index in [9.17, 15) is 9.90 Å². The topological polar surface area (TPSA) is 68.0 Å². The second kappa shape index (κ2) is 4.20. The standard InChI is InChI=1S/C14H11N3O2/c1-17-12(9-5-3-2-4-6-9)10(14(18)19)11-13(17)16-8-7-15-11/h2-8H,1H3,(H,18,19). The van der Waals surface area contributed by atoms with E-state index in [1.165, 1.54) is 6.20 Å². The van der Waals surface area contributed by atoms with Crippen LogP contribution in [0.1, 0.15) is 10.4 Å². The Morgan fingerprint density at radius 1 is 1.16 bits per heavy atom. The zero-order valence-electron chi connectivity index (χ0n) is 10.2. The SMILES string of the molecule is Cn1c(-c2ccccc2)c(C(=O)O)c2nccnc21. The van der Waals surface area contributed by atoms with E-state index < -0.39 is 5.97 Å². The fourth-order valence-corrected chi connectivity index (χ4v) is 2.27. The number of carboxylic acids is 1. The number of carboxylic acid groups (broad SMARTS) is 1. The summed E-state index contributed by atoms with van der Waals surface area (Å²) in [6.45, 7) is 0. The number of hydrogen-bond acceptors (Lipinski definition) is 3. The van der Waals surface area contributed by atoms with Crippen LogP contribution in [-0.2, 0) is 7.05 Å². The van der Waals surface area contributed by atoms with Gasteiger partial charge in [0.2, 0.25) is 0 Å². The second-order valence-electron chi connectivity index (χ2n) is 4.18. The summed E-state index contributed by atoms with van der Waals surface area (Å²) in [5.74, 6) is -0.995. The number of aromatic carboxylic acids is 1. The quantitative estimate of drug-likeness (QED) is 0.761. The third-order valence-corrected chi connectivity index (χ3v) is 3.07. The van der Waals surface area contributed by atoms with E-state index in [0.29, 0.717) is 16.9 Å². The summed E-state index contributed by atoms with van der Waals surface area (Å²) < 4.78 is 1.76. The number of aryl methyl sites for hydroxylation is 1. The van der Waals surface area contributed by atoms with Crippen molar-refractivity contribution in [2.45, 2.75) is 0 Å². The molecule has 1 N–H and O–H groups in total. The number of aromatic nitrogens is 3. The molecule has 2 aromatic heterocycles. The Hall–Kier alpha value is -2.69. The Morgan fingerprint density at radius 2 is 1.84 bits per heavy atom. The molecule has 3 rings (SSSR count). The van der Waals surface area contributed by atoms with Crippen LogP contribution in [0.4, 0.5) is 0 Å². The van der Waals surface area contributed by atoms with Crippen molar-refractivity contribution < 1.29 is 9.90 Å². The number of nitrogens with zero attached hydrogens (tertiary/aromatic N) is 3. The summed E-state index contributed by atoms with van der Waals surface area (Å²) in [6, 6.07) is 9.39. The van der Waals surface area contributed by atoms with E-state index in [2.05, 4.69) is 9.97 Å². The van der Waals surface area contributed by atoms with Crippen LogP contribution < -0.4 is 0 Å². The molecule has 0 radical (unpaired) electrons. The predicted octanol–water partition coefficient (Wildman–Crippen LogP) is 2.33. The van der Waals surface area contributed by atoms with E-state index in [1.54, 1.807) is 17.8 Å². The van der Waals surface area contributed by atoms with Crippen molar-refractivity contribution in [3.05, 3.63) is 48.3 Å². The summed E-state index contributed by atoms with van der Waals surface area (Å²) in [7, 11) is 1.80. The Kier molecular flexibility index (Phi) is 2.52. The van der Waals surface area contributed by atoms with Gasteiger partial charge in [-0.1, -0.05) is 30.3 Å². The molecule has 1 aromatic carbocycles. The lowest BCUT2D eigenvalue weighted by Gasteiger charge is -2.04. The van der Waals surface area contributed by atoms with Gasteiger partial charge in [-0.3, -0.25) is 4.98 Å². The highest BCUT2D eigenvalue weighted by molar-refractivity contribution is 6.07. The first kappa shape index (κ1) is 11.4. The first-order valence-electron chi connectivity index (χ1n) is 5.78. The maximum atomic E-state index is 11.5. The van der Waals surface area contributed by atoms with Crippen molar-refractivity contribution in [2.75, 3.05) is 0 Å². The second-order valence-corrected chi connectivity index (χ2v) is 4.18. The van der Waals surface area contributed by atoms with E-state index in [0.717, 1.165) is 5.56 Å². The monoisotopic (exact) mass is 253 g/mol. The molecule has 0 aliphatic carbocycles. The number of carbonyl (C=O) groups is 1. The molecule has 19 heavy (non-hydrogen) atoms. The molecular weight excluding hydrogens is 242 g/mol. The number of benzene rings is 1. The number of hydrogen-bond donors (Lipinski definition) is 1. The highest BCUT2D eigenvalue weighted by Crippen LogP contribution is 2.30.